The minimum absolute atomic E-state index is 0.340. The number of hydrogen-bond donors (Lipinski definition) is 1. The van der Waals surface area contributed by atoms with E-state index in [1.165, 1.54) is 51.6 Å². The van der Waals surface area contributed by atoms with Gasteiger partial charge in [-0.1, -0.05) is 12.8 Å². The highest BCUT2D eigenvalue weighted by atomic mass is 15.2. The zero-order chi connectivity index (χ0) is 13.0. The Morgan fingerprint density at radius 3 is 2.39 bits per heavy atom. The van der Waals surface area contributed by atoms with Crippen LogP contribution >= 0.6 is 0 Å². The molecule has 0 spiro atoms. The first-order chi connectivity index (χ1) is 8.63. The molecule has 1 saturated heterocycles. The fourth-order valence-electron chi connectivity index (χ4n) is 3.07. The number of likely N-dealkylation sites (tertiary alicyclic amines) is 1. The molecule has 2 rings (SSSR count). The molecule has 1 heterocycles. The number of nitrogens with one attached hydrogen (secondary N) is 1. The van der Waals surface area contributed by atoms with Crippen LogP contribution in [0, 0.1) is 11.3 Å². The zero-order valence-electron chi connectivity index (χ0n) is 11.9. The molecule has 18 heavy (non-hydrogen) atoms. The summed E-state index contributed by atoms with van der Waals surface area (Å²) < 4.78 is 0. The standard InChI is InChI=1S/C15H27N3/c1-13(18-9-5-3-4-6-10-18)11-15(2,12-16)17-14-7-8-14/h13-14,17H,3-11H2,1-2H3. The fraction of sp³-hybridized carbons (Fsp3) is 0.933. The van der Waals surface area contributed by atoms with Crippen LogP contribution in [0.4, 0.5) is 0 Å². The normalized spacial score (nSPS) is 26.9. The van der Waals surface area contributed by atoms with Crippen molar-refractivity contribution in [2.75, 3.05) is 13.1 Å². The maximum atomic E-state index is 9.43. The Hall–Kier alpha value is -0.590. The van der Waals surface area contributed by atoms with Gasteiger partial charge >= 0.3 is 0 Å². The van der Waals surface area contributed by atoms with Gasteiger partial charge in [-0.3, -0.25) is 5.32 Å². The van der Waals surface area contributed by atoms with Gasteiger partial charge in [-0.25, -0.2) is 0 Å². The van der Waals surface area contributed by atoms with Crippen LogP contribution in [0.2, 0.25) is 0 Å². The van der Waals surface area contributed by atoms with Crippen LogP contribution in [0.5, 0.6) is 0 Å². The average molecular weight is 249 g/mol. The summed E-state index contributed by atoms with van der Waals surface area (Å²) in [6.45, 7) is 6.79. The van der Waals surface area contributed by atoms with Gasteiger partial charge in [-0.2, -0.15) is 5.26 Å². The molecule has 3 nitrogen and oxygen atoms in total. The third-order valence-electron chi connectivity index (χ3n) is 4.31. The molecule has 0 aromatic heterocycles. The van der Waals surface area contributed by atoms with Gasteiger partial charge in [0.25, 0.3) is 0 Å². The van der Waals surface area contributed by atoms with E-state index in [0.29, 0.717) is 12.1 Å². The first-order valence-electron chi connectivity index (χ1n) is 7.56. The molecular formula is C15H27N3. The predicted octanol–water partition coefficient (Wildman–Crippen LogP) is 2.68. The second kappa shape index (κ2) is 6.04. The highest BCUT2D eigenvalue weighted by molar-refractivity contribution is 5.08. The minimum Gasteiger partial charge on any atom is -0.301 e. The zero-order valence-corrected chi connectivity index (χ0v) is 11.9. The van der Waals surface area contributed by atoms with Crippen molar-refractivity contribution in [1.29, 1.82) is 5.26 Å². The van der Waals surface area contributed by atoms with Crippen molar-refractivity contribution in [3.8, 4) is 6.07 Å². The van der Waals surface area contributed by atoms with Crippen molar-refractivity contribution in [3.63, 3.8) is 0 Å². The SMILES string of the molecule is CC(CC(C)(C#N)NC1CC1)N1CCCCCC1. The van der Waals surface area contributed by atoms with E-state index < -0.39 is 0 Å². The predicted molar refractivity (Wildman–Crippen MR) is 74.3 cm³/mol. The molecule has 0 bridgehead atoms. The van der Waals surface area contributed by atoms with Gasteiger partial charge in [0, 0.05) is 12.1 Å². The van der Waals surface area contributed by atoms with Gasteiger partial charge in [0.1, 0.15) is 5.54 Å². The van der Waals surface area contributed by atoms with E-state index in [4.69, 9.17) is 0 Å². The second-order valence-corrected chi connectivity index (χ2v) is 6.37. The monoisotopic (exact) mass is 249 g/mol. The Morgan fingerprint density at radius 2 is 1.89 bits per heavy atom. The molecule has 1 aliphatic carbocycles. The van der Waals surface area contributed by atoms with Gasteiger partial charge in [0.15, 0.2) is 0 Å². The highest BCUT2D eigenvalue weighted by Gasteiger charge is 2.34. The molecule has 2 aliphatic rings. The summed E-state index contributed by atoms with van der Waals surface area (Å²) in [5.74, 6) is 0. The summed E-state index contributed by atoms with van der Waals surface area (Å²) in [5.41, 5.74) is -0.340. The lowest BCUT2D eigenvalue weighted by Gasteiger charge is -2.33. The highest BCUT2D eigenvalue weighted by Crippen LogP contribution is 2.26. The van der Waals surface area contributed by atoms with E-state index in [1.807, 2.05) is 0 Å². The molecule has 2 atom stereocenters. The third-order valence-corrected chi connectivity index (χ3v) is 4.31. The van der Waals surface area contributed by atoms with Crippen molar-refractivity contribution in [2.45, 2.75) is 76.4 Å². The topological polar surface area (TPSA) is 39.1 Å². The van der Waals surface area contributed by atoms with E-state index in [-0.39, 0.29) is 5.54 Å². The Labute approximate surface area is 112 Å². The summed E-state index contributed by atoms with van der Waals surface area (Å²) in [6, 6.07) is 3.61. The van der Waals surface area contributed by atoms with Crippen molar-refractivity contribution in [1.82, 2.24) is 10.2 Å². The van der Waals surface area contributed by atoms with E-state index in [9.17, 15) is 5.26 Å². The molecule has 1 saturated carbocycles. The van der Waals surface area contributed by atoms with Gasteiger partial charge < -0.3 is 4.90 Å². The minimum atomic E-state index is -0.340. The summed E-state index contributed by atoms with van der Waals surface area (Å²) in [7, 11) is 0. The molecule has 0 aromatic rings. The molecular weight excluding hydrogens is 222 g/mol. The number of nitriles is 1. The number of rotatable bonds is 5. The van der Waals surface area contributed by atoms with Crippen molar-refractivity contribution >= 4 is 0 Å². The third kappa shape index (κ3) is 3.96. The smallest absolute Gasteiger partial charge is 0.105 e. The lowest BCUT2D eigenvalue weighted by atomic mass is 9.94. The maximum absolute atomic E-state index is 9.43. The molecule has 2 unspecified atom stereocenters. The van der Waals surface area contributed by atoms with E-state index in [0.717, 1.165) is 6.42 Å². The number of hydrogen-bond acceptors (Lipinski definition) is 3. The largest absolute Gasteiger partial charge is 0.301 e. The van der Waals surface area contributed by atoms with Crippen LogP contribution in [-0.2, 0) is 0 Å². The Balaban J connectivity index is 1.86. The molecule has 3 heteroatoms. The van der Waals surface area contributed by atoms with Crippen LogP contribution in [0.15, 0.2) is 0 Å². The van der Waals surface area contributed by atoms with Gasteiger partial charge in [0.2, 0.25) is 0 Å². The summed E-state index contributed by atoms with van der Waals surface area (Å²) >= 11 is 0. The van der Waals surface area contributed by atoms with Crippen LogP contribution in [-0.4, -0.2) is 35.6 Å². The van der Waals surface area contributed by atoms with Crippen LogP contribution in [0.3, 0.4) is 0 Å². The summed E-state index contributed by atoms with van der Waals surface area (Å²) in [5, 5.41) is 12.9. The molecule has 1 N–H and O–H groups in total. The molecule has 102 valence electrons. The summed E-state index contributed by atoms with van der Waals surface area (Å²) in [4.78, 5) is 2.58. The van der Waals surface area contributed by atoms with Crippen LogP contribution in [0.1, 0.15) is 58.8 Å². The van der Waals surface area contributed by atoms with Crippen LogP contribution in [0.25, 0.3) is 0 Å². The Bertz CT molecular complexity index is 297. The van der Waals surface area contributed by atoms with E-state index in [2.05, 4.69) is 30.1 Å². The molecule has 1 aliphatic heterocycles. The fourth-order valence-corrected chi connectivity index (χ4v) is 3.07. The van der Waals surface area contributed by atoms with Crippen LogP contribution < -0.4 is 5.32 Å². The molecule has 0 aromatic carbocycles. The quantitative estimate of drug-likeness (QED) is 0.814. The van der Waals surface area contributed by atoms with Crippen molar-refractivity contribution < 1.29 is 0 Å². The molecule has 0 radical (unpaired) electrons. The van der Waals surface area contributed by atoms with Crippen molar-refractivity contribution in [2.24, 2.45) is 0 Å². The van der Waals surface area contributed by atoms with Gasteiger partial charge in [0.05, 0.1) is 6.07 Å². The van der Waals surface area contributed by atoms with E-state index in [1.54, 1.807) is 0 Å². The number of nitrogens with zero attached hydrogens (tertiary/aromatic N) is 2. The first kappa shape index (κ1) is 13.8. The average Bonchev–Trinajstić information content (AvgIpc) is 3.14. The Morgan fingerprint density at radius 1 is 1.28 bits per heavy atom. The second-order valence-electron chi connectivity index (χ2n) is 6.37. The van der Waals surface area contributed by atoms with Gasteiger partial charge in [-0.15, -0.1) is 0 Å². The van der Waals surface area contributed by atoms with Gasteiger partial charge in [-0.05, 0) is 59.0 Å². The molecule has 0 amide bonds. The lowest BCUT2D eigenvalue weighted by Crippen LogP contribution is -2.48. The first-order valence-corrected chi connectivity index (χ1v) is 7.56. The summed E-state index contributed by atoms with van der Waals surface area (Å²) in [6.07, 6.45) is 8.83. The van der Waals surface area contributed by atoms with Crippen molar-refractivity contribution in [3.05, 3.63) is 0 Å². The maximum Gasteiger partial charge on any atom is 0.105 e. The Kier molecular flexibility index (Phi) is 4.64. The molecule has 2 fully saturated rings. The van der Waals surface area contributed by atoms with E-state index >= 15 is 0 Å². The lowest BCUT2D eigenvalue weighted by molar-refractivity contribution is 0.181.